The average molecular weight is 285 g/mol. The maximum absolute atomic E-state index is 12.3. The predicted molar refractivity (Wildman–Crippen MR) is 78.2 cm³/mol. The molecule has 0 bridgehead atoms. The van der Waals surface area contributed by atoms with Gasteiger partial charge < -0.3 is 4.43 Å². The number of nitrogens with zero attached hydrogens (tertiary/aromatic N) is 1. The molecule has 0 aromatic rings. The van der Waals surface area contributed by atoms with Gasteiger partial charge in [0, 0.05) is 25.0 Å². The topological polar surface area (TPSA) is 46.6 Å². The summed E-state index contributed by atoms with van der Waals surface area (Å²) in [7, 11) is 0.210. The Labute approximate surface area is 117 Å². The Morgan fingerprint density at radius 2 is 1.89 bits per heavy atom. The van der Waals surface area contributed by atoms with E-state index in [0.717, 1.165) is 18.9 Å². The summed E-state index contributed by atoms with van der Waals surface area (Å²) in [5, 5.41) is 0. The van der Waals surface area contributed by atoms with Crippen molar-refractivity contribution in [1.29, 1.82) is 0 Å². The van der Waals surface area contributed by atoms with Gasteiger partial charge in [0.1, 0.15) is 0 Å². The Kier molecular flexibility index (Phi) is 4.95. The second kappa shape index (κ2) is 5.75. The van der Waals surface area contributed by atoms with Crippen LogP contribution in [0, 0.1) is 5.92 Å². The molecule has 1 fully saturated rings. The first-order chi connectivity index (χ1) is 8.58. The van der Waals surface area contributed by atoms with E-state index >= 15 is 0 Å². The molecule has 1 unspecified atom stereocenters. The number of carbonyl (C=O) groups excluding carboxylic acids is 2. The van der Waals surface area contributed by atoms with E-state index in [1.807, 2.05) is 20.8 Å². The first kappa shape index (κ1) is 16.4. The fraction of sp³-hybridized carbons (Fsp3) is 0.857. The van der Waals surface area contributed by atoms with Crippen LogP contribution in [0.2, 0.25) is 19.1 Å². The van der Waals surface area contributed by atoms with Crippen LogP contribution < -0.4 is 0 Å². The third-order valence-electron chi connectivity index (χ3n) is 3.79. The highest BCUT2D eigenvalue weighted by atomic mass is 28.4. The van der Waals surface area contributed by atoms with Gasteiger partial charge in [0.05, 0.1) is 0 Å². The van der Waals surface area contributed by atoms with Gasteiger partial charge in [0.2, 0.25) is 11.8 Å². The number of rotatable bonds is 5. The second-order valence-corrected chi connectivity index (χ2v) is 11.4. The molecule has 0 spiro atoms. The molecule has 5 heteroatoms. The Bertz CT molecular complexity index is 360. The predicted octanol–water partition coefficient (Wildman–Crippen LogP) is 2.79. The van der Waals surface area contributed by atoms with E-state index in [0.29, 0.717) is 6.42 Å². The Balaban J connectivity index is 2.55. The highest BCUT2D eigenvalue weighted by Crippen LogP contribution is 2.31. The average Bonchev–Trinajstić information content (AvgIpc) is 2.53. The van der Waals surface area contributed by atoms with Gasteiger partial charge in [-0.25, -0.2) is 0 Å². The number of likely N-dealkylation sites (tertiary alicyclic amines) is 1. The number of hydrogen-bond donors (Lipinski definition) is 0. The molecule has 0 N–H and O–H groups in total. The third kappa shape index (κ3) is 4.14. The monoisotopic (exact) mass is 285 g/mol. The van der Waals surface area contributed by atoms with Gasteiger partial charge in [0.25, 0.3) is 0 Å². The van der Waals surface area contributed by atoms with Gasteiger partial charge in [-0.05, 0) is 46.3 Å². The zero-order chi connectivity index (χ0) is 14.8. The van der Waals surface area contributed by atoms with Crippen LogP contribution in [0.15, 0.2) is 0 Å². The fourth-order valence-corrected chi connectivity index (χ4v) is 3.76. The zero-order valence-electron chi connectivity index (χ0n) is 13.1. The summed E-state index contributed by atoms with van der Waals surface area (Å²) in [4.78, 5) is 25.7. The molecule has 1 saturated heterocycles. The largest absolute Gasteiger partial charge is 0.420 e. The molecule has 110 valence electrons. The SMILES string of the molecule is CO[Si](C)(C)CCCC1CC(=O)N(C(C)(C)C)C1=O. The van der Waals surface area contributed by atoms with Gasteiger partial charge in [-0.2, -0.15) is 0 Å². The van der Waals surface area contributed by atoms with E-state index in [4.69, 9.17) is 4.43 Å². The van der Waals surface area contributed by atoms with Crippen LogP contribution in [0.1, 0.15) is 40.0 Å². The summed E-state index contributed by atoms with van der Waals surface area (Å²) >= 11 is 0. The first-order valence-electron chi connectivity index (χ1n) is 7.00. The molecule has 0 aromatic carbocycles. The molecule has 1 aliphatic heterocycles. The van der Waals surface area contributed by atoms with Crippen molar-refractivity contribution in [2.75, 3.05) is 7.11 Å². The van der Waals surface area contributed by atoms with Gasteiger partial charge in [0.15, 0.2) is 8.32 Å². The molecule has 1 rings (SSSR count). The molecule has 1 aliphatic rings. The number of imide groups is 1. The molecule has 0 radical (unpaired) electrons. The minimum Gasteiger partial charge on any atom is -0.420 e. The van der Waals surface area contributed by atoms with E-state index in [1.54, 1.807) is 7.11 Å². The number of carbonyl (C=O) groups is 2. The number of amides is 2. The molecule has 0 saturated carbocycles. The van der Waals surface area contributed by atoms with Crippen LogP contribution in [0.25, 0.3) is 0 Å². The van der Waals surface area contributed by atoms with E-state index in [9.17, 15) is 9.59 Å². The van der Waals surface area contributed by atoms with Crippen molar-refractivity contribution in [1.82, 2.24) is 4.90 Å². The normalized spacial score (nSPS) is 21.4. The smallest absolute Gasteiger partial charge is 0.233 e. The van der Waals surface area contributed by atoms with Crippen LogP contribution in [0.5, 0.6) is 0 Å². The zero-order valence-corrected chi connectivity index (χ0v) is 14.1. The highest BCUT2D eigenvalue weighted by molar-refractivity contribution is 6.71. The third-order valence-corrected chi connectivity index (χ3v) is 6.46. The molecular weight excluding hydrogens is 258 g/mol. The summed E-state index contributed by atoms with van der Waals surface area (Å²) in [6.07, 6.45) is 2.15. The summed E-state index contributed by atoms with van der Waals surface area (Å²) in [6.45, 7) is 10.1. The Morgan fingerprint density at radius 3 is 2.32 bits per heavy atom. The van der Waals surface area contributed by atoms with Crippen LogP contribution in [-0.2, 0) is 14.0 Å². The van der Waals surface area contributed by atoms with Crippen molar-refractivity contribution in [3.05, 3.63) is 0 Å². The Morgan fingerprint density at radius 1 is 1.32 bits per heavy atom. The van der Waals surface area contributed by atoms with Gasteiger partial charge >= 0.3 is 0 Å². The van der Waals surface area contributed by atoms with Crippen LogP contribution in [0.3, 0.4) is 0 Å². The standard InChI is InChI=1S/C14H27NO3Si/c1-14(2,3)15-12(16)10-11(13(15)17)8-7-9-19(5,6)18-4/h11H,7-10H2,1-6H3. The molecule has 2 amide bonds. The fourth-order valence-electron chi connectivity index (χ4n) is 2.50. The number of hydrogen-bond acceptors (Lipinski definition) is 3. The van der Waals surface area contributed by atoms with Crippen molar-refractivity contribution in [3.8, 4) is 0 Å². The minimum atomic E-state index is -1.55. The second-order valence-electron chi connectivity index (χ2n) is 7.00. The van der Waals surface area contributed by atoms with Crippen LogP contribution >= 0.6 is 0 Å². The van der Waals surface area contributed by atoms with E-state index in [2.05, 4.69) is 13.1 Å². The molecule has 1 atom stereocenters. The van der Waals surface area contributed by atoms with Crippen LogP contribution in [0.4, 0.5) is 0 Å². The van der Waals surface area contributed by atoms with E-state index < -0.39 is 13.9 Å². The van der Waals surface area contributed by atoms with E-state index in [1.165, 1.54) is 4.90 Å². The van der Waals surface area contributed by atoms with Gasteiger partial charge in [-0.15, -0.1) is 0 Å². The van der Waals surface area contributed by atoms with Gasteiger partial charge in [-0.3, -0.25) is 14.5 Å². The maximum atomic E-state index is 12.3. The van der Waals surface area contributed by atoms with Crippen molar-refractivity contribution in [2.45, 2.75) is 64.7 Å². The molecule has 4 nitrogen and oxygen atoms in total. The van der Waals surface area contributed by atoms with Gasteiger partial charge in [-0.1, -0.05) is 6.42 Å². The van der Waals surface area contributed by atoms with Crippen molar-refractivity contribution in [2.24, 2.45) is 5.92 Å². The summed E-state index contributed by atoms with van der Waals surface area (Å²) < 4.78 is 5.50. The van der Waals surface area contributed by atoms with Crippen molar-refractivity contribution in [3.63, 3.8) is 0 Å². The quantitative estimate of drug-likeness (QED) is 0.576. The molecule has 0 aliphatic carbocycles. The Hall–Kier alpha value is -0.683. The highest BCUT2D eigenvalue weighted by Gasteiger charge is 2.43. The molecule has 0 aromatic heterocycles. The molecule has 19 heavy (non-hydrogen) atoms. The lowest BCUT2D eigenvalue weighted by molar-refractivity contribution is -0.144. The maximum Gasteiger partial charge on any atom is 0.233 e. The minimum absolute atomic E-state index is 0.00869. The summed E-state index contributed by atoms with van der Waals surface area (Å²) in [5.74, 6) is -0.131. The van der Waals surface area contributed by atoms with Crippen molar-refractivity contribution < 1.29 is 14.0 Å². The lowest BCUT2D eigenvalue weighted by atomic mass is 10.0. The van der Waals surface area contributed by atoms with E-state index in [-0.39, 0.29) is 17.7 Å². The molecular formula is C14H27NO3Si. The summed E-state index contributed by atoms with van der Waals surface area (Å²) in [6, 6.07) is 1.04. The summed E-state index contributed by atoms with van der Waals surface area (Å²) in [5.41, 5.74) is -0.399. The molecule has 1 heterocycles. The van der Waals surface area contributed by atoms with Crippen molar-refractivity contribution >= 4 is 20.1 Å². The lowest BCUT2D eigenvalue weighted by Gasteiger charge is -2.30. The first-order valence-corrected chi connectivity index (χ1v) is 10.1. The lowest BCUT2D eigenvalue weighted by Crippen LogP contribution is -2.45. The van der Waals surface area contributed by atoms with Crippen LogP contribution in [-0.4, -0.2) is 37.7 Å².